The number of hydrogen-bond donors (Lipinski definition) is 14. The third-order valence-electron chi connectivity index (χ3n) is 14.6. The average molecular weight is 1060 g/mol. The number of benzene rings is 1. The molecule has 0 radical (unpaired) electrons. The minimum atomic E-state index is -2.27. The van der Waals surface area contributed by atoms with E-state index >= 15 is 0 Å². The molecule has 1 aromatic carbocycles. The quantitative estimate of drug-likeness (QED) is 0.0614. The number of phenols is 1. The minimum absolute atomic E-state index is 0.0725. The van der Waals surface area contributed by atoms with E-state index in [1.165, 1.54) is 18.6 Å². The van der Waals surface area contributed by atoms with Gasteiger partial charge in [-0.1, -0.05) is 77.8 Å². The van der Waals surface area contributed by atoms with Crippen molar-refractivity contribution < 1.29 is 84.3 Å². The zero-order valence-corrected chi connectivity index (χ0v) is 43.3. The Morgan fingerprint density at radius 3 is 2.00 bits per heavy atom. The molecule has 0 bridgehead atoms. The van der Waals surface area contributed by atoms with Crippen LogP contribution in [0, 0.1) is 17.8 Å². The highest BCUT2D eigenvalue weighted by atomic mass is 16.3. The topological polar surface area (TPSA) is 399 Å². The molecule has 7 unspecified atom stereocenters. The normalized spacial score (nSPS) is 29.1. The van der Waals surface area contributed by atoms with Gasteiger partial charge in [0, 0.05) is 38.8 Å². The highest BCUT2D eigenvalue weighted by Gasteiger charge is 2.49. The summed E-state index contributed by atoms with van der Waals surface area (Å²) in [6.45, 7) is 6.84. The fraction of sp³-hybridized carbons (Fsp3) is 0.725. The highest BCUT2D eigenvalue weighted by Crippen LogP contribution is 2.30. The molecule has 7 amide bonds. The number of rotatable bonds is 20. The summed E-state index contributed by atoms with van der Waals surface area (Å²) < 4.78 is 0. The van der Waals surface area contributed by atoms with Gasteiger partial charge in [0.25, 0.3) is 0 Å². The number of primary amides is 1. The molecule has 4 rings (SSSR count). The molecular formula is C51H81N7O17. The number of nitrogens with two attached hydrogens (primary N) is 1. The lowest BCUT2D eigenvalue weighted by Gasteiger charge is -2.34. The lowest BCUT2D eigenvalue weighted by atomic mass is 9.86. The first-order chi connectivity index (χ1) is 35.3. The Hall–Kier alpha value is -5.34. The number of nitrogens with zero attached hydrogens (tertiary/aromatic N) is 2. The lowest BCUT2D eigenvalue weighted by molar-refractivity contribution is -0.150. The number of fused-ring (bicyclic) bond motifs is 2. The minimum Gasteiger partial charge on any atom is -0.508 e. The van der Waals surface area contributed by atoms with Gasteiger partial charge in [-0.05, 0) is 55.7 Å². The van der Waals surface area contributed by atoms with Crippen molar-refractivity contribution >= 4 is 47.1 Å². The van der Waals surface area contributed by atoms with Gasteiger partial charge in [-0.25, -0.2) is 0 Å². The molecule has 3 aliphatic heterocycles. The summed E-state index contributed by atoms with van der Waals surface area (Å²) in [6, 6.07) is -4.73. The number of carbonyl (C=O) groups is 8. The molecule has 3 aliphatic rings. The van der Waals surface area contributed by atoms with Crippen LogP contribution in [0.4, 0.5) is 0 Å². The summed E-state index contributed by atoms with van der Waals surface area (Å²) in [5.41, 5.74) is 5.26. The number of phenolic OH excluding ortho intramolecular Hbond substituents is 1. The van der Waals surface area contributed by atoms with E-state index in [-0.39, 0.29) is 24.2 Å². The fourth-order valence-electron chi connectivity index (χ4n) is 10.1. The number of amides is 7. The summed E-state index contributed by atoms with van der Waals surface area (Å²) in [5, 5.41) is 108. The highest BCUT2D eigenvalue weighted by molar-refractivity contribution is 5.98. The number of ketones is 1. The van der Waals surface area contributed by atoms with Crippen LogP contribution in [0.2, 0.25) is 0 Å². The first kappa shape index (κ1) is 62.2. The maximum absolute atomic E-state index is 14.4. The van der Waals surface area contributed by atoms with Gasteiger partial charge in [-0.15, -0.1) is 0 Å². The van der Waals surface area contributed by atoms with Gasteiger partial charge in [-0.2, -0.15) is 0 Å². The monoisotopic (exact) mass is 1060 g/mol. The number of aliphatic hydroxyl groups excluding tert-OH is 8. The molecule has 75 heavy (non-hydrogen) atoms. The molecule has 0 aliphatic carbocycles. The number of hydrogen-bond acceptors (Lipinski definition) is 17. The van der Waals surface area contributed by atoms with Crippen molar-refractivity contribution in [2.45, 2.75) is 203 Å². The van der Waals surface area contributed by atoms with Crippen LogP contribution in [0.25, 0.3) is 0 Å². The average Bonchev–Trinajstić information content (AvgIpc) is 3.95. The summed E-state index contributed by atoms with van der Waals surface area (Å²) in [6.07, 6.45) is -10.8. The predicted molar refractivity (Wildman–Crippen MR) is 267 cm³/mol. The van der Waals surface area contributed by atoms with Gasteiger partial charge in [0.15, 0.2) is 12.0 Å². The number of Topliss-reactive ketones (excluding diaryl/α,β-unsaturated/α-hetero) is 1. The van der Waals surface area contributed by atoms with Crippen LogP contribution in [0.5, 0.6) is 5.75 Å². The second-order valence-electron chi connectivity index (χ2n) is 20.9. The molecule has 24 heteroatoms. The Morgan fingerprint density at radius 1 is 0.760 bits per heavy atom. The van der Waals surface area contributed by atoms with Crippen molar-refractivity contribution in [2.24, 2.45) is 23.5 Å². The standard InChI is InChI=1S/C51H81N7O17/c1-5-26(2)20-27(3)12-10-8-6-7-9-11-13-40(67)53-33-23-38(65)48(72)56-49(73)43-35(62)18-19-57(43)51(75)42(37(64)24-39(52)66)55-46(70)32(45(69)44(68)29-14-16-30(60)17-15-29)22-36(63)34-21-31(61)25-58(34)50(74)41(28(4)59)54-47(33)71/h14-17,26-28,31-35,37-38,41-45,48,59-62,64-65,68-69,72H,5-13,18-25H2,1-4H3,(H2,52,66)(H,53,67)(H,54,71)(H,55,70)(H,56,73)/t26?,27?,28?,31-,32?,33+,34+,35+,37?,38-,41+,42+,43+,44?,45?,48-/m1/s1. The predicted octanol–water partition coefficient (Wildman–Crippen LogP) is -2.25. The smallest absolute Gasteiger partial charge is 0.248 e. The van der Waals surface area contributed by atoms with Crippen LogP contribution in [0.15, 0.2) is 24.3 Å². The SMILES string of the molecule is CCC(C)CC(C)CCCCCCCCC(=O)N[C@H]1C[C@@H](O)[C@@H](O)NC(=O)[C@@H]2[C@@H](O)CCN2C(=O)[C@H](C(O)CC(N)=O)NC(=O)C(C(O)C(O)c2ccc(O)cc2)CC(=O)[C@@H]2C[C@@H](O)CN2C(=O)[C@H](C(C)O)NC1=O. The van der Waals surface area contributed by atoms with E-state index in [2.05, 4.69) is 42.0 Å². The number of unbranched alkanes of at least 4 members (excludes halogenated alkanes) is 5. The molecule has 0 aromatic heterocycles. The lowest BCUT2D eigenvalue weighted by Crippen LogP contribution is -2.61. The zero-order chi connectivity index (χ0) is 55.8. The van der Waals surface area contributed by atoms with Crippen LogP contribution in [-0.2, 0) is 38.4 Å². The summed E-state index contributed by atoms with van der Waals surface area (Å²) in [7, 11) is 0. The van der Waals surface area contributed by atoms with Crippen LogP contribution in [0.1, 0.15) is 136 Å². The third-order valence-corrected chi connectivity index (χ3v) is 14.6. The molecule has 1 aromatic rings. The van der Waals surface area contributed by atoms with Crippen LogP contribution >= 0.6 is 0 Å². The first-order valence-corrected chi connectivity index (χ1v) is 26.2. The third kappa shape index (κ3) is 17.9. The number of carbonyl (C=O) groups excluding carboxylic acids is 8. The summed E-state index contributed by atoms with van der Waals surface area (Å²) >= 11 is 0. The largest absolute Gasteiger partial charge is 0.508 e. The number of aliphatic hydroxyl groups is 8. The van der Waals surface area contributed by atoms with Crippen molar-refractivity contribution in [3.63, 3.8) is 0 Å². The van der Waals surface area contributed by atoms with Crippen molar-refractivity contribution in [3.05, 3.63) is 29.8 Å². The Labute approximate surface area is 436 Å². The molecule has 3 heterocycles. The van der Waals surface area contributed by atoms with Gasteiger partial charge in [0.1, 0.15) is 42.1 Å². The molecule has 3 fully saturated rings. The van der Waals surface area contributed by atoms with Crippen LogP contribution in [0.3, 0.4) is 0 Å². The number of nitrogens with one attached hydrogen (secondary N) is 4. The van der Waals surface area contributed by atoms with Gasteiger partial charge in [0.2, 0.25) is 41.4 Å². The molecule has 3 saturated heterocycles. The summed E-state index contributed by atoms with van der Waals surface area (Å²) in [5.74, 6) is -10.2. The van der Waals surface area contributed by atoms with Gasteiger partial charge in [-0.3, -0.25) is 38.4 Å². The maximum Gasteiger partial charge on any atom is 0.248 e. The van der Waals surface area contributed by atoms with Crippen LogP contribution in [-0.4, -0.2) is 189 Å². The maximum atomic E-state index is 14.4. The molecule has 0 saturated carbocycles. The zero-order valence-electron chi connectivity index (χ0n) is 43.3. The molecule has 16 atom stereocenters. The second kappa shape index (κ2) is 29.3. The number of aromatic hydroxyl groups is 1. The van der Waals surface area contributed by atoms with Crippen molar-refractivity contribution in [2.75, 3.05) is 13.1 Å². The van der Waals surface area contributed by atoms with Crippen molar-refractivity contribution in [1.82, 2.24) is 31.1 Å². The molecule has 422 valence electrons. The molecular weight excluding hydrogens is 983 g/mol. The Kier molecular flexibility index (Phi) is 24.3. The van der Waals surface area contributed by atoms with Crippen molar-refractivity contribution in [3.8, 4) is 5.75 Å². The summed E-state index contributed by atoms with van der Waals surface area (Å²) in [4.78, 5) is 113. The Balaban J connectivity index is 1.69. The second-order valence-corrected chi connectivity index (χ2v) is 20.9. The first-order valence-electron chi connectivity index (χ1n) is 26.2. The van der Waals surface area contributed by atoms with Crippen molar-refractivity contribution in [1.29, 1.82) is 0 Å². The van der Waals surface area contributed by atoms with E-state index in [4.69, 9.17) is 5.73 Å². The van der Waals surface area contributed by atoms with E-state index in [9.17, 15) is 84.3 Å². The van der Waals surface area contributed by atoms with E-state index in [1.807, 2.05) is 0 Å². The van der Waals surface area contributed by atoms with E-state index in [0.717, 1.165) is 62.5 Å². The van der Waals surface area contributed by atoms with E-state index in [1.54, 1.807) is 0 Å². The molecule has 15 N–H and O–H groups in total. The Morgan fingerprint density at radius 2 is 1.37 bits per heavy atom. The molecule has 24 nitrogen and oxygen atoms in total. The molecule has 0 spiro atoms. The van der Waals surface area contributed by atoms with E-state index in [0.29, 0.717) is 29.6 Å². The van der Waals surface area contributed by atoms with Gasteiger partial charge in [0.05, 0.1) is 48.9 Å². The van der Waals surface area contributed by atoms with E-state index < -0.39 is 171 Å². The van der Waals surface area contributed by atoms with Gasteiger partial charge >= 0.3 is 0 Å². The van der Waals surface area contributed by atoms with Crippen LogP contribution < -0.4 is 27.0 Å². The Bertz CT molecular complexity index is 2100. The van der Waals surface area contributed by atoms with Gasteiger partial charge < -0.3 is 82.8 Å². The fourth-order valence-corrected chi connectivity index (χ4v) is 10.1.